The van der Waals surface area contributed by atoms with Crippen LogP contribution in [0.25, 0.3) is 0 Å². The van der Waals surface area contributed by atoms with Crippen LogP contribution in [0.3, 0.4) is 0 Å². The zero-order valence-electron chi connectivity index (χ0n) is 18.9. The Kier molecular flexibility index (Phi) is 6.58. The lowest BCUT2D eigenvalue weighted by atomic mass is 10.0. The number of benzene rings is 1. The predicted molar refractivity (Wildman–Crippen MR) is 134 cm³/mol. The molecule has 1 aromatic carbocycles. The summed E-state index contributed by atoms with van der Waals surface area (Å²) in [7, 11) is 0. The number of amides is 1. The second-order valence-electron chi connectivity index (χ2n) is 8.90. The third-order valence-electron chi connectivity index (χ3n) is 6.74. The molecule has 0 bridgehead atoms. The molecular weight excluding hydrogens is 449 g/mol. The van der Waals surface area contributed by atoms with Crippen molar-refractivity contribution in [1.29, 1.82) is 0 Å². The fraction of sp³-hybridized carbons (Fsp3) is 0.346. The van der Waals surface area contributed by atoms with Crippen molar-refractivity contribution in [1.82, 2.24) is 19.8 Å². The summed E-state index contributed by atoms with van der Waals surface area (Å²) < 4.78 is 15.6. The van der Waals surface area contributed by atoms with Crippen LogP contribution in [0.4, 0.5) is 10.1 Å². The van der Waals surface area contributed by atoms with Gasteiger partial charge in [-0.25, -0.2) is 4.39 Å². The van der Waals surface area contributed by atoms with Crippen LogP contribution < -0.4 is 10.6 Å². The van der Waals surface area contributed by atoms with E-state index in [2.05, 4.69) is 43.4 Å². The van der Waals surface area contributed by atoms with Crippen LogP contribution in [-0.2, 0) is 4.79 Å². The highest BCUT2D eigenvalue weighted by Gasteiger charge is 2.41. The van der Waals surface area contributed by atoms with E-state index in [1.807, 2.05) is 18.2 Å². The highest BCUT2D eigenvalue weighted by Crippen LogP contribution is 2.41. The topological polar surface area (TPSA) is 62.2 Å². The van der Waals surface area contributed by atoms with Crippen molar-refractivity contribution in [2.45, 2.75) is 50.2 Å². The van der Waals surface area contributed by atoms with Gasteiger partial charge in [0.2, 0.25) is 5.91 Å². The van der Waals surface area contributed by atoms with Crippen molar-refractivity contribution in [3.63, 3.8) is 0 Å². The van der Waals surface area contributed by atoms with Crippen molar-refractivity contribution in [3.8, 4) is 0 Å². The normalized spacial score (nSPS) is 20.5. The summed E-state index contributed by atoms with van der Waals surface area (Å²) >= 11 is 5.75. The van der Waals surface area contributed by atoms with Gasteiger partial charge in [-0.15, -0.1) is 0 Å². The van der Waals surface area contributed by atoms with Gasteiger partial charge in [0.05, 0.1) is 17.8 Å². The molecule has 2 aromatic heterocycles. The van der Waals surface area contributed by atoms with Gasteiger partial charge in [0.15, 0.2) is 5.11 Å². The average Bonchev–Trinajstić information content (AvgIpc) is 3.59. The molecule has 1 amide bonds. The molecule has 5 rings (SSSR count). The first kappa shape index (κ1) is 22.5. The molecule has 2 atom stereocenters. The number of aromatic nitrogens is 2. The number of pyridine rings is 1. The molecule has 2 fully saturated rings. The van der Waals surface area contributed by atoms with Crippen molar-refractivity contribution >= 4 is 28.9 Å². The lowest BCUT2D eigenvalue weighted by Gasteiger charge is -2.30. The summed E-state index contributed by atoms with van der Waals surface area (Å²) in [5.41, 5.74) is 2.69. The summed E-state index contributed by atoms with van der Waals surface area (Å²) in [6.07, 6.45) is 9.09. The van der Waals surface area contributed by atoms with Gasteiger partial charge in [-0.3, -0.25) is 9.78 Å². The fourth-order valence-corrected chi connectivity index (χ4v) is 5.45. The SMILES string of the molecule is O=C(CCN1C(=S)NC(c2ccccn2)C1c1cccn1C1CCCC1)Nc1ccc(F)cc1. The average molecular weight is 478 g/mol. The van der Waals surface area contributed by atoms with Gasteiger partial charge < -0.3 is 20.1 Å². The van der Waals surface area contributed by atoms with E-state index in [1.165, 1.54) is 43.5 Å². The van der Waals surface area contributed by atoms with Crippen LogP contribution in [0.1, 0.15) is 61.6 Å². The van der Waals surface area contributed by atoms with Crippen LogP contribution in [0, 0.1) is 5.82 Å². The van der Waals surface area contributed by atoms with Gasteiger partial charge in [0, 0.05) is 42.8 Å². The van der Waals surface area contributed by atoms with Crippen molar-refractivity contribution in [2.75, 3.05) is 11.9 Å². The van der Waals surface area contributed by atoms with Gasteiger partial charge in [-0.1, -0.05) is 18.9 Å². The highest BCUT2D eigenvalue weighted by molar-refractivity contribution is 7.80. The molecule has 2 unspecified atom stereocenters. The Labute approximate surface area is 204 Å². The quantitative estimate of drug-likeness (QED) is 0.462. The number of rotatable bonds is 7. The van der Waals surface area contributed by atoms with Gasteiger partial charge in [-0.2, -0.15) is 0 Å². The lowest BCUT2D eigenvalue weighted by molar-refractivity contribution is -0.116. The number of halogens is 1. The maximum absolute atomic E-state index is 13.2. The standard InChI is InChI=1S/C26H28FN5OS/c27-18-10-12-19(13-11-18)29-23(33)14-17-32-25(22-9-5-16-31(22)20-6-1-2-7-20)24(30-26(32)34)21-8-3-4-15-28-21/h3-5,8-13,15-16,20,24-25H,1-2,6-7,14,17H2,(H,29,33)(H,30,34). The second-order valence-corrected chi connectivity index (χ2v) is 9.29. The smallest absolute Gasteiger partial charge is 0.226 e. The van der Waals surface area contributed by atoms with Gasteiger partial charge in [-0.05, 0) is 73.6 Å². The molecule has 0 radical (unpaired) electrons. The largest absolute Gasteiger partial charge is 0.352 e. The van der Waals surface area contributed by atoms with Crippen molar-refractivity contribution in [3.05, 3.63) is 84.2 Å². The van der Waals surface area contributed by atoms with Crippen LogP contribution in [0.15, 0.2) is 67.0 Å². The van der Waals surface area contributed by atoms with Crippen molar-refractivity contribution in [2.24, 2.45) is 0 Å². The van der Waals surface area contributed by atoms with Gasteiger partial charge in [0.1, 0.15) is 5.82 Å². The van der Waals surface area contributed by atoms with Crippen molar-refractivity contribution < 1.29 is 9.18 Å². The minimum atomic E-state index is -0.333. The van der Waals surface area contributed by atoms with E-state index in [-0.39, 0.29) is 30.2 Å². The number of thiocarbonyl (C=S) groups is 1. The summed E-state index contributed by atoms with van der Waals surface area (Å²) in [6, 6.07) is 16.3. The number of carbonyl (C=O) groups excluding carboxylic acids is 1. The van der Waals surface area contributed by atoms with E-state index in [0.717, 1.165) is 5.69 Å². The van der Waals surface area contributed by atoms with E-state index in [9.17, 15) is 9.18 Å². The number of nitrogens with zero attached hydrogens (tertiary/aromatic N) is 3. The lowest BCUT2D eigenvalue weighted by Crippen LogP contribution is -2.33. The molecule has 6 nitrogen and oxygen atoms in total. The number of hydrogen-bond acceptors (Lipinski definition) is 3. The first-order valence-corrected chi connectivity index (χ1v) is 12.2. The monoisotopic (exact) mass is 477 g/mol. The second kappa shape index (κ2) is 9.93. The fourth-order valence-electron chi connectivity index (χ4n) is 5.12. The van der Waals surface area contributed by atoms with E-state index in [1.54, 1.807) is 18.3 Å². The van der Waals surface area contributed by atoms with E-state index >= 15 is 0 Å². The summed E-state index contributed by atoms with van der Waals surface area (Å²) in [4.78, 5) is 19.4. The molecule has 1 aliphatic carbocycles. The third-order valence-corrected chi connectivity index (χ3v) is 7.09. The Bertz CT molecular complexity index is 1140. The highest BCUT2D eigenvalue weighted by atomic mass is 32.1. The number of anilines is 1. The molecule has 2 aliphatic rings. The van der Waals surface area contributed by atoms with E-state index < -0.39 is 0 Å². The summed E-state index contributed by atoms with van der Waals surface area (Å²) in [6.45, 7) is 0.461. The predicted octanol–water partition coefficient (Wildman–Crippen LogP) is 5.14. The molecule has 3 aromatic rings. The van der Waals surface area contributed by atoms with Crippen LogP contribution >= 0.6 is 12.2 Å². The molecule has 1 saturated heterocycles. The van der Waals surface area contributed by atoms with Gasteiger partial charge >= 0.3 is 0 Å². The first-order chi connectivity index (χ1) is 16.6. The summed E-state index contributed by atoms with van der Waals surface area (Å²) in [5.74, 6) is -0.472. The molecular formula is C26H28FN5OS. The number of hydrogen-bond donors (Lipinski definition) is 2. The maximum atomic E-state index is 13.2. The minimum absolute atomic E-state index is 0.0726. The molecule has 34 heavy (non-hydrogen) atoms. The number of nitrogens with one attached hydrogen (secondary N) is 2. The molecule has 176 valence electrons. The zero-order chi connectivity index (χ0) is 23.5. The van der Waals surface area contributed by atoms with Gasteiger partial charge in [0.25, 0.3) is 0 Å². The molecule has 3 heterocycles. The Hall–Kier alpha value is -3.26. The molecule has 1 aliphatic heterocycles. The molecule has 2 N–H and O–H groups in total. The van der Waals surface area contributed by atoms with E-state index in [0.29, 0.717) is 23.4 Å². The van der Waals surface area contributed by atoms with Crippen LogP contribution in [-0.4, -0.2) is 32.0 Å². The van der Waals surface area contributed by atoms with E-state index in [4.69, 9.17) is 12.2 Å². The molecule has 0 spiro atoms. The third kappa shape index (κ3) is 4.68. The number of carbonyl (C=O) groups is 1. The molecule has 8 heteroatoms. The Morgan fingerprint density at radius 1 is 1.12 bits per heavy atom. The Morgan fingerprint density at radius 3 is 2.65 bits per heavy atom. The van der Waals surface area contributed by atoms with Crippen LogP contribution in [0.5, 0.6) is 0 Å². The first-order valence-electron chi connectivity index (χ1n) is 11.8. The van der Waals surface area contributed by atoms with Crippen LogP contribution in [0.2, 0.25) is 0 Å². The Balaban J connectivity index is 1.38. The molecule has 1 saturated carbocycles. The zero-order valence-corrected chi connectivity index (χ0v) is 19.7. The Morgan fingerprint density at radius 2 is 1.91 bits per heavy atom. The summed E-state index contributed by atoms with van der Waals surface area (Å²) in [5, 5.41) is 6.93. The minimum Gasteiger partial charge on any atom is -0.352 e. The maximum Gasteiger partial charge on any atom is 0.226 e.